The highest BCUT2D eigenvalue weighted by Gasteiger charge is 2.30. The molecule has 0 aliphatic heterocycles. The van der Waals surface area contributed by atoms with Gasteiger partial charge < -0.3 is 33.8 Å². The Morgan fingerprint density at radius 1 is 0.255 bits per heavy atom. The zero-order chi connectivity index (χ0) is 69.0. The molecule has 0 saturated heterocycles. The number of ether oxygens (including phenoxy) is 4. The first-order chi connectivity index (χ1) is 45.7. The molecule has 0 aromatic carbocycles. The Balaban J connectivity index is 5.13. The second-order valence-corrected chi connectivity index (χ2v) is 29.9. The number of aliphatic hydroxyl groups is 1. The first-order valence-corrected chi connectivity index (χ1v) is 42.3. The molecule has 0 fully saturated rings. The lowest BCUT2D eigenvalue weighted by Gasteiger charge is -2.21. The lowest BCUT2D eigenvalue weighted by atomic mass is 10.0. The minimum atomic E-state index is -4.95. The third-order valence-electron chi connectivity index (χ3n) is 17.6. The molecule has 94 heavy (non-hydrogen) atoms. The van der Waals surface area contributed by atoms with E-state index in [0.717, 1.165) is 96.3 Å². The smallest absolute Gasteiger partial charge is 0.462 e. The van der Waals surface area contributed by atoms with Crippen LogP contribution in [0, 0.1) is 0 Å². The Hall–Kier alpha value is -1.94. The number of aliphatic hydroxyl groups excluding tert-OH is 1. The molecule has 0 spiro atoms. The fourth-order valence-corrected chi connectivity index (χ4v) is 13.2. The predicted molar refractivity (Wildman–Crippen MR) is 382 cm³/mol. The SMILES string of the molecule is CCCCCCCCCCCCCCCCCCCCCC(=O)O[C@H](COC(=O)CCCCCCCCCCCCCCCCCCCC)COP(=O)(O)OC[C@@H](O)COP(=O)(O)OC[C@@H](COC(=O)CCCCCCC)OC(=O)CCCCCCCCCCCCCC. The van der Waals surface area contributed by atoms with Gasteiger partial charge in [-0.05, 0) is 25.7 Å². The van der Waals surface area contributed by atoms with Crippen LogP contribution in [0.2, 0.25) is 0 Å². The van der Waals surface area contributed by atoms with Crippen LogP contribution in [0.1, 0.15) is 400 Å². The molecule has 0 rings (SSSR count). The Bertz CT molecular complexity index is 1790. The van der Waals surface area contributed by atoms with Crippen molar-refractivity contribution in [2.75, 3.05) is 39.6 Å². The van der Waals surface area contributed by atoms with Gasteiger partial charge in [0.2, 0.25) is 0 Å². The quantitative estimate of drug-likeness (QED) is 0.0222. The maximum atomic E-state index is 13.1. The standard InChI is InChI=1S/C75H146O17P2/c1-5-9-13-17-20-23-26-29-31-33-35-37-39-41-44-47-50-54-58-62-75(80)92-71(66-86-73(78)60-56-52-48-45-43-40-38-36-34-32-30-27-24-21-18-14-10-6-2)68-90-94(83,84)88-64-69(76)63-87-93(81,82)89-67-70(65-85-72(77)59-55-51-16-12-8-4)91-74(79)61-57-53-49-46-42-28-25-22-19-15-11-7-3/h69-71,76H,5-68H2,1-4H3,(H,81,82)(H,83,84)/t69-,70+,71+/m0/s1. The van der Waals surface area contributed by atoms with E-state index in [9.17, 15) is 43.2 Å². The number of phosphoric acid groups is 2. The minimum Gasteiger partial charge on any atom is -0.462 e. The highest BCUT2D eigenvalue weighted by molar-refractivity contribution is 7.47. The maximum Gasteiger partial charge on any atom is 0.472 e. The van der Waals surface area contributed by atoms with E-state index >= 15 is 0 Å². The van der Waals surface area contributed by atoms with Crippen LogP contribution in [-0.4, -0.2) is 96.7 Å². The number of esters is 4. The van der Waals surface area contributed by atoms with E-state index in [1.807, 2.05) is 0 Å². The fraction of sp³-hybridized carbons (Fsp3) is 0.947. The molecule has 0 heterocycles. The second-order valence-electron chi connectivity index (χ2n) is 27.0. The summed E-state index contributed by atoms with van der Waals surface area (Å²) in [7, 11) is -9.90. The average Bonchev–Trinajstić information content (AvgIpc) is 2.11. The third kappa shape index (κ3) is 68.6. The normalized spacial score (nSPS) is 13.9. The summed E-state index contributed by atoms with van der Waals surface area (Å²) in [5.41, 5.74) is 0. The van der Waals surface area contributed by atoms with Crippen LogP contribution in [0.25, 0.3) is 0 Å². The van der Waals surface area contributed by atoms with Gasteiger partial charge in [0.05, 0.1) is 26.4 Å². The summed E-state index contributed by atoms with van der Waals surface area (Å²) in [6, 6.07) is 0. The van der Waals surface area contributed by atoms with E-state index in [1.165, 1.54) is 225 Å². The monoisotopic (exact) mass is 1380 g/mol. The molecule has 19 heteroatoms. The van der Waals surface area contributed by atoms with Gasteiger partial charge in [0.1, 0.15) is 19.3 Å². The van der Waals surface area contributed by atoms with Crippen LogP contribution < -0.4 is 0 Å². The maximum absolute atomic E-state index is 13.1. The largest absolute Gasteiger partial charge is 0.472 e. The number of phosphoric ester groups is 2. The molecule has 0 radical (unpaired) electrons. The Morgan fingerprint density at radius 3 is 0.628 bits per heavy atom. The summed E-state index contributed by atoms with van der Waals surface area (Å²) in [6.45, 7) is 4.89. The summed E-state index contributed by atoms with van der Waals surface area (Å²) in [6.07, 6.45) is 60.1. The van der Waals surface area contributed by atoms with Gasteiger partial charge in [-0.3, -0.25) is 37.3 Å². The highest BCUT2D eigenvalue weighted by atomic mass is 31.2. The van der Waals surface area contributed by atoms with E-state index in [2.05, 4.69) is 27.7 Å². The van der Waals surface area contributed by atoms with Crippen molar-refractivity contribution in [3.63, 3.8) is 0 Å². The zero-order valence-electron chi connectivity index (χ0n) is 60.9. The van der Waals surface area contributed by atoms with Gasteiger partial charge in [0.15, 0.2) is 12.2 Å². The second kappa shape index (κ2) is 69.5. The summed E-state index contributed by atoms with van der Waals surface area (Å²) >= 11 is 0. The van der Waals surface area contributed by atoms with E-state index in [4.69, 9.17) is 37.0 Å². The molecular weight excluding hydrogens is 1230 g/mol. The van der Waals surface area contributed by atoms with Gasteiger partial charge in [0.25, 0.3) is 0 Å². The highest BCUT2D eigenvalue weighted by Crippen LogP contribution is 2.45. The molecular formula is C75H146O17P2. The molecule has 17 nitrogen and oxygen atoms in total. The van der Waals surface area contributed by atoms with Crippen LogP contribution in [0.3, 0.4) is 0 Å². The van der Waals surface area contributed by atoms with Gasteiger partial charge >= 0.3 is 39.5 Å². The van der Waals surface area contributed by atoms with Crippen molar-refractivity contribution in [1.82, 2.24) is 0 Å². The van der Waals surface area contributed by atoms with E-state index in [0.29, 0.717) is 25.7 Å². The summed E-state index contributed by atoms with van der Waals surface area (Å²) < 4.78 is 68.3. The Kier molecular flexibility index (Phi) is 68.1. The number of carbonyl (C=O) groups excluding carboxylic acids is 4. The van der Waals surface area contributed by atoms with Crippen LogP contribution in [0.15, 0.2) is 0 Å². The fourth-order valence-electron chi connectivity index (χ4n) is 11.6. The topological polar surface area (TPSA) is 237 Å². The first-order valence-electron chi connectivity index (χ1n) is 39.3. The molecule has 0 saturated carbocycles. The minimum absolute atomic E-state index is 0.107. The molecule has 2 unspecified atom stereocenters. The van der Waals surface area contributed by atoms with Crippen molar-refractivity contribution in [2.24, 2.45) is 0 Å². The molecule has 0 bridgehead atoms. The molecule has 0 aromatic heterocycles. The van der Waals surface area contributed by atoms with Gasteiger partial charge in [-0.1, -0.05) is 349 Å². The van der Waals surface area contributed by atoms with Crippen molar-refractivity contribution >= 4 is 39.5 Å². The molecule has 558 valence electrons. The van der Waals surface area contributed by atoms with Crippen molar-refractivity contribution in [2.45, 2.75) is 418 Å². The van der Waals surface area contributed by atoms with Gasteiger partial charge in [0, 0.05) is 25.7 Å². The van der Waals surface area contributed by atoms with Gasteiger partial charge in [-0.15, -0.1) is 0 Å². The van der Waals surface area contributed by atoms with E-state index in [1.54, 1.807) is 0 Å². The molecule has 0 amide bonds. The van der Waals surface area contributed by atoms with E-state index < -0.39 is 97.5 Å². The van der Waals surface area contributed by atoms with Crippen molar-refractivity contribution in [1.29, 1.82) is 0 Å². The number of carbonyl (C=O) groups is 4. The Morgan fingerprint density at radius 2 is 0.426 bits per heavy atom. The van der Waals surface area contributed by atoms with Crippen LogP contribution in [0.5, 0.6) is 0 Å². The average molecular weight is 1380 g/mol. The predicted octanol–water partition coefficient (Wildman–Crippen LogP) is 22.2. The lowest BCUT2D eigenvalue weighted by Crippen LogP contribution is -2.30. The summed E-state index contributed by atoms with van der Waals surface area (Å²) in [4.78, 5) is 72.5. The summed E-state index contributed by atoms with van der Waals surface area (Å²) in [5.74, 6) is -2.12. The molecule has 5 atom stereocenters. The van der Waals surface area contributed by atoms with Crippen molar-refractivity contribution < 1.29 is 80.2 Å². The van der Waals surface area contributed by atoms with Gasteiger partial charge in [-0.25, -0.2) is 9.13 Å². The molecule has 0 aliphatic rings. The summed E-state index contributed by atoms with van der Waals surface area (Å²) in [5, 5.41) is 10.6. The molecule has 0 aliphatic carbocycles. The van der Waals surface area contributed by atoms with Crippen LogP contribution in [0.4, 0.5) is 0 Å². The number of hydrogen-bond acceptors (Lipinski definition) is 15. The van der Waals surface area contributed by atoms with Crippen LogP contribution >= 0.6 is 15.6 Å². The van der Waals surface area contributed by atoms with Crippen molar-refractivity contribution in [3.8, 4) is 0 Å². The van der Waals surface area contributed by atoms with Gasteiger partial charge in [-0.2, -0.15) is 0 Å². The lowest BCUT2D eigenvalue weighted by molar-refractivity contribution is -0.161. The van der Waals surface area contributed by atoms with E-state index in [-0.39, 0.29) is 25.7 Å². The third-order valence-corrected chi connectivity index (χ3v) is 19.5. The van der Waals surface area contributed by atoms with Crippen LogP contribution in [-0.2, 0) is 65.4 Å². The molecule has 3 N–H and O–H groups in total. The first kappa shape index (κ1) is 92.1. The number of unbranched alkanes of at least 4 members (excludes halogenated alkanes) is 50. The molecule has 0 aromatic rings. The number of hydrogen-bond donors (Lipinski definition) is 3. The number of rotatable bonds is 76. The Labute approximate surface area is 575 Å². The zero-order valence-corrected chi connectivity index (χ0v) is 62.7. The van der Waals surface area contributed by atoms with Crippen molar-refractivity contribution in [3.05, 3.63) is 0 Å².